The van der Waals surface area contributed by atoms with E-state index in [9.17, 15) is 70.9 Å². The normalized spacial score (nSPS) is 39.9. The van der Waals surface area contributed by atoms with E-state index in [1.807, 2.05) is 67.6 Å². The first-order valence-corrected chi connectivity index (χ1v) is 28.2. The quantitative estimate of drug-likeness (QED) is 0.185. The molecule has 3 aliphatic heterocycles. The number of alkyl carbamates (subject to hydrolysis) is 1. The SMILES string of the molecule is CC1/C=C/C=C/C=C/C=C/C=C/C=C/C=C/C(OC2OC(C)C(O)C(NC(=O)OCC3c4ccccc4-c4ccccc43)C2O)CC2OC(O)(CC(O)CC(O)C(O)CCC(O)CC(O)CC(=O)OC(C)C(C)C1O)C(O)C(O)C2CO. The number of benzene rings is 2. The molecule has 1 aliphatic carbocycles. The molecule has 20 nitrogen and oxygen atoms in total. The summed E-state index contributed by atoms with van der Waals surface area (Å²) in [6.45, 7) is 5.90. The number of esters is 1. The highest BCUT2D eigenvalue weighted by molar-refractivity contribution is 5.79. The van der Waals surface area contributed by atoms with Gasteiger partial charge in [-0.15, -0.1) is 0 Å². The van der Waals surface area contributed by atoms with Gasteiger partial charge in [0.2, 0.25) is 0 Å². The Bertz CT molecular complexity index is 2500. The molecule has 2 aromatic carbocycles. The van der Waals surface area contributed by atoms with Gasteiger partial charge in [0.1, 0.15) is 31.0 Å². The minimum atomic E-state index is -2.72. The number of nitrogens with one attached hydrogen (secondary N) is 1. The Kier molecular flexibility index (Phi) is 25.4. The molecule has 0 saturated carbocycles. The van der Waals surface area contributed by atoms with E-state index in [2.05, 4.69) is 5.32 Å². The van der Waals surface area contributed by atoms with Crippen molar-refractivity contribution in [1.29, 1.82) is 0 Å². The van der Waals surface area contributed by atoms with Crippen LogP contribution in [0.1, 0.15) is 89.7 Å². The maximum atomic E-state index is 13.5. The molecule has 452 valence electrons. The lowest BCUT2D eigenvalue weighted by Gasteiger charge is -2.48. The first-order valence-electron chi connectivity index (χ1n) is 28.2. The highest BCUT2D eigenvalue weighted by Gasteiger charge is 2.54. The van der Waals surface area contributed by atoms with Gasteiger partial charge < -0.3 is 90.3 Å². The van der Waals surface area contributed by atoms with E-state index >= 15 is 0 Å². The smallest absolute Gasteiger partial charge is 0.407 e. The molecule has 1 amide bonds. The Morgan fingerprint density at radius 1 is 0.646 bits per heavy atom. The van der Waals surface area contributed by atoms with Crippen molar-refractivity contribution in [3.63, 3.8) is 0 Å². The summed E-state index contributed by atoms with van der Waals surface area (Å²) in [6, 6.07) is 14.2. The van der Waals surface area contributed by atoms with Crippen molar-refractivity contribution < 1.29 is 94.6 Å². The van der Waals surface area contributed by atoms with Crippen LogP contribution in [0.2, 0.25) is 0 Å². The Balaban J connectivity index is 1.19. The van der Waals surface area contributed by atoms with Crippen molar-refractivity contribution in [2.75, 3.05) is 13.2 Å². The van der Waals surface area contributed by atoms with E-state index in [0.29, 0.717) is 0 Å². The number of carbonyl (C=O) groups excluding carboxylic acids is 2. The van der Waals surface area contributed by atoms with Gasteiger partial charge in [-0.25, -0.2) is 4.79 Å². The van der Waals surface area contributed by atoms with Gasteiger partial charge in [-0.1, -0.05) is 147 Å². The van der Waals surface area contributed by atoms with E-state index in [0.717, 1.165) is 22.3 Å². The molecule has 2 fully saturated rings. The van der Waals surface area contributed by atoms with Crippen molar-refractivity contribution in [1.82, 2.24) is 5.32 Å². The number of cyclic esters (lactones) is 1. The summed E-state index contributed by atoms with van der Waals surface area (Å²) in [5, 5.41) is 136. The summed E-state index contributed by atoms with van der Waals surface area (Å²) in [5.41, 5.74) is 4.01. The van der Waals surface area contributed by atoms with Crippen LogP contribution in [0.15, 0.2) is 134 Å². The minimum Gasteiger partial charge on any atom is -0.462 e. The van der Waals surface area contributed by atoms with Gasteiger partial charge in [0.15, 0.2) is 12.1 Å². The first kappa shape index (κ1) is 65.9. The molecule has 20 heteroatoms. The fourth-order valence-electron chi connectivity index (χ4n) is 10.9. The van der Waals surface area contributed by atoms with Crippen molar-refractivity contribution in [3.8, 4) is 11.1 Å². The second-order valence-corrected chi connectivity index (χ2v) is 22.0. The van der Waals surface area contributed by atoms with Gasteiger partial charge in [0.05, 0.1) is 80.1 Å². The summed E-state index contributed by atoms with van der Waals surface area (Å²) in [7, 11) is 0. The van der Waals surface area contributed by atoms with E-state index < -0.39 is 153 Å². The fourth-order valence-corrected chi connectivity index (χ4v) is 10.9. The highest BCUT2D eigenvalue weighted by atomic mass is 16.7. The molecule has 4 aliphatic rings. The molecule has 2 bridgehead atoms. The third kappa shape index (κ3) is 18.1. The number of rotatable bonds is 6. The summed E-state index contributed by atoms with van der Waals surface area (Å²) >= 11 is 0. The summed E-state index contributed by atoms with van der Waals surface area (Å²) in [4.78, 5) is 26.2. The first-order chi connectivity index (χ1) is 39.1. The Hall–Kier alpha value is -5.24. The van der Waals surface area contributed by atoms with Gasteiger partial charge in [-0.3, -0.25) is 4.79 Å². The van der Waals surface area contributed by atoms with Crippen LogP contribution in [0.3, 0.4) is 0 Å². The molecule has 6 rings (SSSR count). The average molecular weight is 1150 g/mol. The highest BCUT2D eigenvalue weighted by Crippen LogP contribution is 2.45. The van der Waals surface area contributed by atoms with Crippen LogP contribution < -0.4 is 5.32 Å². The second-order valence-electron chi connectivity index (χ2n) is 22.0. The van der Waals surface area contributed by atoms with Crippen LogP contribution in [0.5, 0.6) is 0 Å². The number of carbonyl (C=O) groups is 2. The lowest BCUT2D eigenvalue weighted by Crippen LogP contribution is -2.65. The zero-order valence-electron chi connectivity index (χ0n) is 46.8. The van der Waals surface area contributed by atoms with E-state index in [4.69, 9.17) is 23.7 Å². The predicted molar refractivity (Wildman–Crippen MR) is 302 cm³/mol. The molecule has 82 heavy (non-hydrogen) atoms. The molecule has 0 radical (unpaired) electrons. The lowest BCUT2D eigenvalue weighted by molar-refractivity contribution is -0.352. The van der Waals surface area contributed by atoms with Crippen molar-refractivity contribution in [2.24, 2.45) is 17.8 Å². The van der Waals surface area contributed by atoms with Gasteiger partial charge >= 0.3 is 12.1 Å². The zero-order valence-corrected chi connectivity index (χ0v) is 46.8. The zero-order chi connectivity index (χ0) is 59.7. The minimum absolute atomic E-state index is 0.0463. The maximum absolute atomic E-state index is 13.5. The van der Waals surface area contributed by atoms with E-state index in [-0.39, 0.29) is 44.1 Å². The molecule has 20 atom stereocenters. The second kappa shape index (κ2) is 31.6. The molecule has 0 spiro atoms. The van der Waals surface area contributed by atoms with Crippen molar-refractivity contribution in [3.05, 3.63) is 145 Å². The number of amides is 1. The number of aliphatic hydroxyl groups excluding tert-OH is 11. The molecule has 2 aromatic rings. The summed E-state index contributed by atoms with van der Waals surface area (Å²) in [6.07, 6.45) is -0.523. The van der Waals surface area contributed by atoms with Crippen molar-refractivity contribution >= 4 is 12.1 Å². The van der Waals surface area contributed by atoms with E-state index in [1.165, 1.54) is 13.0 Å². The van der Waals surface area contributed by atoms with Crippen molar-refractivity contribution in [2.45, 2.75) is 182 Å². The number of hydrogen-bond donors (Lipinski definition) is 13. The number of fused-ring (bicyclic) bond motifs is 5. The Morgan fingerprint density at radius 3 is 1.82 bits per heavy atom. The van der Waals surface area contributed by atoms with Crippen LogP contribution >= 0.6 is 0 Å². The molecule has 13 N–H and O–H groups in total. The van der Waals surface area contributed by atoms with Crippen LogP contribution in [0.4, 0.5) is 4.79 Å². The lowest BCUT2D eigenvalue weighted by atomic mass is 9.81. The molecule has 2 saturated heterocycles. The molecular weight excluding hydrogens is 1060 g/mol. The summed E-state index contributed by atoms with van der Waals surface area (Å²) < 4.78 is 29.6. The molecular formula is C62H85NO19. The number of allylic oxidation sites excluding steroid dienone is 12. The van der Waals surface area contributed by atoms with Crippen LogP contribution in [0, 0.1) is 17.8 Å². The van der Waals surface area contributed by atoms with Gasteiger partial charge in [-0.2, -0.15) is 0 Å². The maximum Gasteiger partial charge on any atom is 0.407 e. The van der Waals surface area contributed by atoms with Crippen LogP contribution in [-0.4, -0.2) is 190 Å². The van der Waals surface area contributed by atoms with Gasteiger partial charge in [0, 0.05) is 42.9 Å². The van der Waals surface area contributed by atoms with Crippen LogP contribution in [-0.2, 0) is 28.5 Å². The Labute approximate surface area is 479 Å². The largest absolute Gasteiger partial charge is 0.462 e. The monoisotopic (exact) mass is 1150 g/mol. The predicted octanol–water partition coefficient (Wildman–Crippen LogP) is 3.17. The van der Waals surface area contributed by atoms with Crippen LogP contribution in [0.25, 0.3) is 11.1 Å². The fraction of sp³-hybridized carbons (Fsp3) is 0.548. The number of ether oxygens (including phenoxy) is 5. The van der Waals surface area contributed by atoms with E-state index in [1.54, 1.807) is 80.7 Å². The van der Waals surface area contributed by atoms with Gasteiger partial charge in [0.25, 0.3) is 0 Å². The average Bonchev–Trinajstić information content (AvgIpc) is 3.96. The Morgan fingerprint density at radius 2 is 1.22 bits per heavy atom. The molecule has 0 aromatic heterocycles. The topological polar surface area (TPSA) is 335 Å². The molecule has 20 unspecified atom stereocenters. The third-order valence-electron chi connectivity index (χ3n) is 15.8. The third-order valence-corrected chi connectivity index (χ3v) is 15.8. The number of aliphatic hydroxyl groups is 12. The standard InChI is InChI=1S/C62H85NO19/c1-36-21-15-13-11-9-7-5-6-8-10-12-14-16-22-43(81-60-58(74)54(56(72)39(4)80-60)63-61(76)78-35-49-46-25-19-17-23-44(46)45-24-18-20-26-47(45)49)32-52-48(34-64)57(73)59(75)62(77,82-52)33-42(67)30-51(69)50(68)28-27-40(65)29-41(66)31-53(70)79-38(3)37(2)55(36)71/h5-26,36-43,48-52,54-60,64-69,71-75,77H,27-35H2,1-4H3,(H,63,76)/b6-5+,9-7+,10-8+,13-11+,14-12+,21-15+,22-16+. The van der Waals surface area contributed by atoms with Gasteiger partial charge in [-0.05, 0) is 55.4 Å². The number of hydrogen-bond acceptors (Lipinski definition) is 19. The molecule has 3 heterocycles. The summed E-state index contributed by atoms with van der Waals surface area (Å²) in [5.74, 6) is -5.77.